The Kier molecular flexibility index (Phi) is 4.95. The van der Waals surface area contributed by atoms with E-state index >= 15 is 0 Å². The molecule has 26 heavy (non-hydrogen) atoms. The van der Waals surface area contributed by atoms with E-state index in [-0.39, 0.29) is 24.2 Å². The minimum atomic E-state index is -0.302. The van der Waals surface area contributed by atoms with Gasteiger partial charge in [-0.25, -0.2) is 9.37 Å². The fourth-order valence-corrected chi connectivity index (χ4v) is 4.12. The Bertz CT molecular complexity index is 871. The molecule has 2 aromatic carbocycles. The standard InChI is InChI=1S/C20H19FN2O2S/c21-15-9-7-14(8-10-15)12-19(24)23(13-16-4-3-11-25-16)20-22-17-5-1-2-6-18(17)26-20/h1-2,5-10,16H,3-4,11-13H2. The van der Waals surface area contributed by atoms with Gasteiger partial charge in [-0.3, -0.25) is 9.69 Å². The van der Waals surface area contributed by atoms with Crippen molar-refractivity contribution >= 4 is 32.6 Å². The molecule has 2 heterocycles. The van der Waals surface area contributed by atoms with Crippen molar-refractivity contribution in [3.63, 3.8) is 0 Å². The van der Waals surface area contributed by atoms with Crippen LogP contribution in [-0.4, -0.2) is 30.1 Å². The molecule has 4 rings (SSSR count). The highest BCUT2D eigenvalue weighted by Crippen LogP contribution is 2.30. The van der Waals surface area contributed by atoms with Crippen LogP contribution in [0.15, 0.2) is 48.5 Å². The molecule has 1 fully saturated rings. The van der Waals surface area contributed by atoms with Gasteiger partial charge in [0.2, 0.25) is 5.91 Å². The van der Waals surface area contributed by atoms with Crippen LogP contribution in [0.1, 0.15) is 18.4 Å². The van der Waals surface area contributed by atoms with E-state index in [9.17, 15) is 9.18 Å². The zero-order chi connectivity index (χ0) is 17.9. The van der Waals surface area contributed by atoms with Crippen LogP contribution < -0.4 is 4.90 Å². The average Bonchev–Trinajstić information content (AvgIpc) is 3.30. The predicted molar refractivity (Wildman–Crippen MR) is 101 cm³/mol. The van der Waals surface area contributed by atoms with Crippen LogP contribution in [0.25, 0.3) is 10.2 Å². The number of thiazole rings is 1. The summed E-state index contributed by atoms with van der Waals surface area (Å²) >= 11 is 1.51. The minimum Gasteiger partial charge on any atom is -0.376 e. The molecular weight excluding hydrogens is 351 g/mol. The molecule has 1 saturated heterocycles. The van der Waals surface area contributed by atoms with E-state index in [1.807, 2.05) is 24.3 Å². The lowest BCUT2D eigenvalue weighted by Crippen LogP contribution is -2.38. The van der Waals surface area contributed by atoms with E-state index in [0.717, 1.165) is 35.2 Å². The van der Waals surface area contributed by atoms with Gasteiger partial charge in [-0.05, 0) is 42.7 Å². The Morgan fingerprint density at radius 3 is 2.77 bits per heavy atom. The molecule has 0 N–H and O–H groups in total. The number of fused-ring (bicyclic) bond motifs is 1. The maximum Gasteiger partial charge on any atom is 0.233 e. The molecule has 1 amide bonds. The fourth-order valence-electron chi connectivity index (χ4n) is 3.13. The number of halogens is 1. The first-order chi connectivity index (χ1) is 12.7. The summed E-state index contributed by atoms with van der Waals surface area (Å²) in [5.74, 6) is -0.352. The number of ether oxygens (including phenoxy) is 1. The van der Waals surface area contributed by atoms with Crippen LogP contribution in [0.2, 0.25) is 0 Å². The molecule has 1 aliphatic rings. The van der Waals surface area contributed by atoms with Crippen LogP contribution in [0.3, 0.4) is 0 Å². The smallest absolute Gasteiger partial charge is 0.233 e. The highest BCUT2D eigenvalue weighted by atomic mass is 32.1. The summed E-state index contributed by atoms with van der Waals surface area (Å²) in [6.07, 6.45) is 2.22. The molecule has 0 radical (unpaired) electrons. The third-order valence-electron chi connectivity index (χ3n) is 4.49. The Morgan fingerprint density at radius 1 is 1.23 bits per heavy atom. The summed E-state index contributed by atoms with van der Waals surface area (Å²) in [7, 11) is 0. The second-order valence-corrected chi connectivity index (χ2v) is 7.42. The summed E-state index contributed by atoms with van der Waals surface area (Å²) < 4.78 is 19.9. The topological polar surface area (TPSA) is 42.4 Å². The summed E-state index contributed by atoms with van der Waals surface area (Å²) in [6.45, 7) is 1.24. The monoisotopic (exact) mass is 370 g/mol. The number of carbonyl (C=O) groups excluding carboxylic acids is 1. The molecule has 0 bridgehead atoms. The highest BCUT2D eigenvalue weighted by Gasteiger charge is 2.26. The molecule has 0 saturated carbocycles. The average molecular weight is 370 g/mol. The third-order valence-corrected chi connectivity index (χ3v) is 5.55. The van der Waals surface area contributed by atoms with E-state index in [0.29, 0.717) is 11.7 Å². The van der Waals surface area contributed by atoms with Gasteiger partial charge in [-0.2, -0.15) is 0 Å². The SMILES string of the molecule is O=C(Cc1ccc(F)cc1)N(CC1CCCO1)c1nc2ccccc2s1. The zero-order valence-corrected chi connectivity index (χ0v) is 15.0. The number of para-hydroxylation sites is 1. The molecule has 1 aliphatic heterocycles. The lowest BCUT2D eigenvalue weighted by atomic mass is 10.1. The predicted octanol–water partition coefficient (Wildman–Crippen LogP) is 4.19. The van der Waals surface area contributed by atoms with Gasteiger partial charge in [0, 0.05) is 6.61 Å². The number of benzene rings is 2. The molecule has 0 aliphatic carbocycles. The summed E-state index contributed by atoms with van der Waals surface area (Å²) in [5, 5.41) is 0.689. The molecule has 3 aromatic rings. The van der Waals surface area contributed by atoms with E-state index in [1.54, 1.807) is 17.0 Å². The van der Waals surface area contributed by atoms with Crippen LogP contribution in [0, 0.1) is 5.82 Å². The molecule has 134 valence electrons. The highest BCUT2D eigenvalue weighted by molar-refractivity contribution is 7.22. The Balaban J connectivity index is 1.60. The van der Waals surface area contributed by atoms with Crippen LogP contribution in [0.5, 0.6) is 0 Å². The molecule has 4 nitrogen and oxygen atoms in total. The molecule has 1 atom stereocenters. The van der Waals surface area contributed by atoms with E-state index in [2.05, 4.69) is 4.98 Å². The first-order valence-corrected chi connectivity index (χ1v) is 9.53. The first kappa shape index (κ1) is 17.1. The second kappa shape index (κ2) is 7.51. The summed E-state index contributed by atoms with van der Waals surface area (Å²) in [5.41, 5.74) is 1.68. The molecule has 1 unspecified atom stereocenters. The largest absolute Gasteiger partial charge is 0.376 e. The Hall–Kier alpha value is -2.31. The molecule has 0 spiro atoms. The van der Waals surface area contributed by atoms with Crippen molar-refractivity contribution in [3.8, 4) is 0 Å². The first-order valence-electron chi connectivity index (χ1n) is 8.71. The Labute approximate surface area is 155 Å². The van der Waals surface area contributed by atoms with Gasteiger partial charge in [0.1, 0.15) is 5.82 Å². The van der Waals surface area contributed by atoms with Gasteiger partial charge in [0.15, 0.2) is 5.13 Å². The van der Waals surface area contributed by atoms with E-state index in [4.69, 9.17) is 4.74 Å². The number of aromatic nitrogens is 1. The quantitative estimate of drug-likeness (QED) is 0.676. The minimum absolute atomic E-state index is 0.0409. The van der Waals surface area contributed by atoms with Crippen molar-refractivity contribution in [2.24, 2.45) is 0 Å². The van der Waals surface area contributed by atoms with Crippen molar-refractivity contribution in [1.82, 2.24) is 4.98 Å². The third kappa shape index (κ3) is 3.76. The second-order valence-electron chi connectivity index (χ2n) is 6.41. The molecular formula is C20H19FN2O2S. The number of amides is 1. The maximum absolute atomic E-state index is 13.1. The number of rotatable bonds is 5. The van der Waals surface area contributed by atoms with Crippen molar-refractivity contribution in [1.29, 1.82) is 0 Å². The van der Waals surface area contributed by atoms with Crippen molar-refractivity contribution in [2.75, 3.05) is 18.1 Å². The summed E-state index contributed by atoms with van der Waals surface area (Å²) in [6, 6.07) is 13.9. The van der Waals surface area contributed by atoms with Gasteiger partial charge in [-0.15, -0.1) is 0 Å². The number of hydrogen-bond acceptors (Lipinski definition) is 4. The van der Waals surface area contributed by atoms with E-state index < -0.39 is 0 Å². The van der Waals surface area contributed by atoms with Crippen LogP contribution >= 0.6 is 11.3 Å². The number of anilines is 1. The van der Waals surface area contributed by atoms with E-state index in [1.165, 1.54) is 23.5 Å². The fraction of sp³-hybridized carbons (Fsp3) is 0.300. The molecule has 6 heteroatoms. The van der Waals surface area contributed by atoms with Gasteiger partial charge in [0.05, 0.1) is 29.3 Å². The maximum atomic E-state index is 13.1. The number of nitrogens with zero attached hydrogens (tertiary/aromatic N) is 2. The van der Waals surface area contributed by atoms with Gasteiger partial charge in [-0.1, -0.05) is 35.6 Å². The van der Waals surface area contributed by atoms with Crippen molar-refractivity contribution in [3.05, 3.63) is 59.9 Å². The lowest BCUT2D eigenvalue weighted by molar-refractivity contribution is -0.118. The normalized spacial score (nSPS) is 16.9. The van der Waals surface area contributed by atoms with Gasteiger partial charge < -0.3 is 4.74 Å². The van der Waals surface area contributed by atoms with Crippen LogP contribution in [0.4, 0.5) is 9.52 Å². The van der Waals surface area contributed by atoms with Crippen molar-refractivity contribution in [2.45, 2.75) is 25.4 Å². The lowest BCUT2D eigenvalue weighted by Gasteiger charge is -2.23. The Morgan fingerprint density at radius 2 is 2.04 bits per heavy atom. The van der Waals surface area contributed by atoms with Gasteiger partial charge >= 0.3 is 0 Å². The van der Waals surface area contributed by atoms with Crippen molar-refractivity contribution < 1.29 is 13.9 Å². The summed E-state index contributed by atoms with van der Waals surface area (Å²) in [4.78, 5) is 19.4. The zero-order valence-electron chi connectivity index (χ0n) is 14.2. The number of hydrogen-bond donors (Lipinski definition) is 0. The number of carbonyl (C=O) groups is 1. The van der Waals surface area contributed by atoms with Crippen LogP contribution in [-0.2, 0) is 16.0 Å². The van der Waals surface area contributed by atoms with Gasteiger partial charge in [0.25, 0.3) is 0 Å². The molecule has 1 aromatic heterocycles.